The summed E-state index contributed by atoms with van der Waals surface area (Å²) >= 11 is 1.34. The first kappa shape index (κ1) is 21.5. The summed E-state index contributed by atoms with van der Waals surface area (Å²) in [6.45, 7) is 1.48. The van der Waals surface area contributed by atoms with Gasteiger partial charge in [-0.05, 0) is 55.5 Å². The summed E-state index contributed by atoms with van der Waals surface area (Å²) in [4.78, 5) is 37.5. The summed E-state index contributed by atoms with van der Waals surface area (Å²) in [5, 5.41) is 16.8. The largest absolute Gasteiger partial charge is 0.449 e. The summed E-state index contributed by atoms with van der Waals surface area (Å²) in [5.74, 6) is -1.35. The van der Waals surface area contributed by atoms with Crippen LogP contribution in [-0.2, 0) is 9.53 Å². The molecule has 0 radical (unpaired) electrons. The smallest absolute Gasteiger partial charge is 0.338 e. The Bertz CT molecular complexity index is 942. The molecule has 3 rings (SSSR count). The fraction of sp³-hybridized carbons (Fsp3) is 0.364. The molecule has 7 nitrogen and oxygen atoms in total. The quantitative estimate of drug-likeness (QED) is 0.683. The highest BCUT2D eigenvalue weighted by molar-refractivity contribution is 7.12. The molecule has 1 aromatic heterocycles. The van der Waals surface area contributed by atoms with E-state index in [0.29, 0.717) is 23.4 Å². The lowest BCUT2D eigenvalue weighted by Crippen LogP contribution is -2.52. The van der Waals surface area contributed by atoms with Crippen LogP contribution in [0.4, 0.5) is 5.69 Å². The molecule has 30 heavy (non-hydrogen) atoms. The maximum Gasteiger partial charge on any atom is 0.338 e. The summed E-state index contributed by atoms with van der Waals surface area (Å²) in [5.41, 5.74) is -0.0706. The zero-order chi connectivity index (χ0) is 21.6. The molecule has 0 bridgehead atoms. The third kappa shape index (κ3) is 5.24. The lowest BCUT2D eigenvalue weighted by Gasteiger charge is -2.32. The Labute approximate surface area is 179 Å². The van der Waals surface area contributed by atoms with Crippen molar-refractivity contribution in [3.05, 3.63) is 52.2 Å². The molecule has 1 saturated carbocycles. The molecule has 8 heteroatoms. The molecule has 1 atom stereocenters. The van der Waals surface area contributed by atoms with Crippen LogP contribution in [0.25, 0.3) is 0 Å². The average Bonchev–Trinajstić information content (AvgIpc) is 3.30. The maximum atomic E-state index is 12.4. The second-order valence-corrected chi connectivity index (χ2v) is 8.25. The highest BCUT2D eigenvalue weighted by atomic mass is 32.1. The first-order chi connectivity index (χ1) is 14.4. The lowest BCUT2D eigenvalue weighted by atomic mass is 9.83. The van der Waals surface area contributed by atoms with Crippen LogP contribution < -0.4 is 10.6 Å². The normalized spacial score (nSPS) is 16.0. The van der Waals surface area contributed by atoms with Crippen LogP contribution >= 0.6 is 11.3 Å². The van der Waals surface area contributed by atoms with Crippen molar-refractivity contribution in [2.45, 2.75) is 50.7 Å². The predicted molar refractivity (Wildman–Crippen MR) is 113 cm³/mol. The van der Waals surface area contributed by atoms with Gasteiger partial charge in [-0.15, -0.1) is 11.3 Å². The zero-order valence-electron chi connectivity index (χ0n) is 16.6. The van der Waals surface area contributed by atoms with Gasteiger partial charge in [-0.1, -0.05) is 25.3 Å². The van der Waals surface area contributed by atoms with E-state index in [4.69, 9.17) is 4.74 Å². The van der Waals surface area contributed by atoms with E-state index in [9.17, 15) is 19.6 Å². The van der Waals surface area contributed by atoms with Crippen LogP contribution in [0.5, 0.6) is 0 Å². The molecule has 2 amide bonds. The molecule has 1 aliphatic rings. The Hall–Kier alpha value is -3.18. The number of amides is 2. The van der Waals surface area contributed by atoms with Crippen LogP contribution in [0.3, 0.4) is 0 Å². The van der Waals surface area contributed by atoms with Crippen molar-refractivity contribution in [1.82, 2.24) is 5.32 Å². The molecule has 1 aliphatic carbocycles. The first-order valence-corrected chi connectivity index (χ1v) is 10.7. The number of hydrogen-bond acceptors (Lipinski definition) is 6. The van der Waals surface area contributed by atoms with Gasteiger partial charge in [0.15, 0.2) is 6.10 Å². The number of carbonyl (C=O) groups is 3. The summed E-state index contributed by atoms with van der Waals surface area (Å²) in [7, 11) is 0. The van der Waals surface area contributed by atoms with Crippen LogP contribution in [0.15, 0.2) is 41.8 Å². The molecule has 156 valence electrons. The van der Waals surface area contributed by atoms with Crippen molar-refractivity contribution in [1.29, 1.82) is 5.26 Å². The summed E-state index contributed by atoms with van der Waals surface area (Å²) in [6, 6.07) is 12.0. The molecule has 2 N–H and O–H groups in total. The van der Waals surface area contributed by atoms with Gasteiger partial charge in [-0.25, -0.2) is 4.79 Å². The summed E-state index contributed by atoms with van der Waals surface area (Å²) in [6.07, 6.45) is 3.01. The number of esters is 1. The van der Waals surface area contributed by atoms with Gasteiger partial charge in [0.25, 0.3) is 11.8 Å². The van der Waals surface area contributed by atoms with E-state index in [1.165, 1.54) is 30.4 Å². The van der Waals surface area contributed by atoms with E-state index in [1.807, 2.05) is 5.38 Å². The van der Waals surface area contributed by atoms with Crippen LogP contribution in [-0.4, -0.2) is 29.4 Å². The Kier molecular flexibility index (Phi) is 6.85. The number of rotatable bonds is 6. The van der Waals surface area contributed by atoms with Gasteiger partial charge in [0.2, 0.25) is 0 Å². The minimum Gasteiger partial charge on any atom is -0.449 e. The highest BCUT2D eigenvalue weighted by Gasteiger charge is 2.35. The number of ether oxygens (including phenoxy) is 1. The monoisotopic (exact) mass is 425 g/mol. The lowest BCUT2D eigenvalue weighted by molar-refractivity contribution is -0.130. The topological polar surface area (TPSA) is 108 Å². The molecular formula is C22H23N3O4S. The Balaban J connectivity index is 1.55. The number of carbonyl (C=O) groups excluding carboxylic acids is 3. The van der Waals surface area contributed by atoms with Gasteiger partial charge < -0.3 is 15.4 Å². The SMILES string of the molecule is CC(OC(=O)c1ccc(NC(=O)c2cccs2)cc1)C(=O)NC1(C#N)CCCCC1. The predicted octanol–water partition coefficient (Wildman–Crippen LogP) is 3.89. The molecule has 1 heterocycles. The number of benzene rings is 1. The van der Waals surface area contributed by atoms with Crippen molar-refractivity contribution in [3.63, 3.8) is 0 Å². The van der Waals surface area contributed by atoms with Crippen molar-refractivity contribution < 1.29 is 19.1 Å². The molecule has 1 aromatic carbocycles. The van der Waals surface area contributed by atoms with E-state index in [1.54, 1.807) is 24.3 Å². The third-order valence-electron chi connectivity index (χ3n) is 5.06. The van der Waals surface area contributed by atoms with Crippen LogP contribution in [0.2, 0.25) is 0 Å². The number of anilines is 1. The molecule has 0 saturated heterocycles. The van der Waals surface area contributed by atoms with E-state index in [0.717, 1.165) is 19.3 Å². The van der Waals surface area contributed by atoms with E-state index in [2.05, 4.69) is 16.7 Å². The minimum atomic E-state index is -1.03. The van der Waals surface area contributed by atoms with Crippen molar-refractivity contribution in [2.75, 3.05) is 5.32 Å². The van der Waals surface area contributed by atoms with Gasteiger partial charge in [-0.3, -0.25) is 9.59 Å². The maximum absolute atomic E-state index is 12.4. The molecule has 0 spiro atoms. The van der Waals surface area contributed by atoms with Gasteiger partial charge in [0, 0.05) is 5.69 Å². The Morgan fingerprint density at radius 3 is 2.43 bits per heavy atom. The third-order valence-corrected chi connectivity index (χ3v) is 5.93. The average molecular weight is 426 g/mol. The van der Waals surface area contributed by atoms with Gasteiger partial charge in [-0.2, -0.15) is 5.26 Å². The molecule has 0 aliphatic heterocycles. The van der Waals surface area contributed by atoms with Crippen molar-refractivity contribution in [2.24, 2.45) is 0 Å². The minimum absolute atomic E-state index is 0.222. The van der Waals surface area contributed by atoms with E-state index >= 15 is 0 Å². The van der Waals surface area contributed by atoms with E-state index < -0.39 is 23.5 Å². The fourth-order valence-corrected chi connectivity index (χ4v) is 3.95. The number of nitriles is 1. The Morgan fingerprint density at radius 1 is 1.13 bits per heavy atom. The Morgan fingerprint density at radius 2 is 1.83 bits per heavy atom. The highest BCUT2D eigenvalue weighted by Crippen LogP contribution is 2.27. The first-order valence-electron chi connectivity index (χ1n) is 9.82. The molecule has 1 fully saturated rings. The standard InChI is InChI=1S/C22H23N3O4S/c1-15(19(26)25-22(14-23)11-3-2-4-12-22)29-21(28)16-7-9-17(10-8-16)24-20(27)18-6-5-13-30-18/h5-10,13,15H,2-4,11-12H2,1H3,(H,24,27)(H,25,26). The number of nitrogens with one attached hydrogen (secondary N) is 2. The van der Waals surface area contributed by atoms with Gasteiger partial charge in [0.1, 0.15) is 5.54 Å². The number of hydrogen-bond donors (Lipinski definition) is 2. The second-order valence-electron chi connectivity index (χ2n) is 7.30. The number of thiophene rings is 1. The second kappa shape index (κ2) is 9.55. The van der Waals surface area contributed by atoms with Crippen LogP contribution in [0, 0.1) is 11.3 Å². The number of nitrogens with zero attached hydrogens (tertiary/aromatic N) is 1. The molecule has 1 unspecified atom stereocenters. The molecular weight excluding hydrogens is 402 g/mol. The van der Waals surface area contributed by atoms with Crippen LogP contribution in [0.1, 0.15) is 59.1 Å². The molecule has 2 aromatic rings. The zero-order valence-corrected chi connectivity index (χ0v) is 17.5. The fourth-order valence-electron chi connectivity index (χ4n) is 3.33. The summed E-state index contributed by atoms with van der Waals surface area (Å²) < 4.78 is 5.26. The van der Waals surface area contributed by atoms with E-state index in [-0.39, 0.29) is 11.5 Å². The van der Waals surface area contributed by atoms with Crippen molar-refractivity contribution in [3.8, 4) is 6.07 Å². The van der Waals surface area contributed by atoms with Gasteiger partial charge >= 0.3 is 5.97 Å². The van der Waals surface area contributed by atoms with Crippen molar-refractivity contribution >= 4 is 34.8 Å². The van der Waals surface area contributed by atoms with Gasteiger partial charge in [0.05, 0.1) is 16.5 Å².